The molecule has 1 rings (SSSR count). The van der Waals surface area contributed by atoms with Crippen molar-refractivity contribution in [1.82, 2.24) is 9.62 Å². The lowest BCUT2D eigenvalue weighted by Crippen LogP contribution is -2.44. The highest BCUT2D eigenvalue weighted by atomic mass is 32.2. The van der Waals surface area contributed by atoms with E-state index in [2.05, 4.69) is 12.2 Å². The number of rotatable bonds is 8. The first kappa shape index (κ1) is 18.6. The van der Waals surface area contributed by atoms with Crippen molar-refractivity contribution in [3.8, 4) is 0 Å². The number of thiophene rings is 1. The molecule has 0 saturated carbocycles. The average Bonchev–Trinajstić information content (AvgIpc) is 2.80. The van der Waals surface area contributed by atoms with Crippen molar-refractivity contribution < 1.29 is 8.42 Å². The van der Waals surface area contributed by atoms with Crippen LogP contribution in [-0.2, 0) is 16.6 Å². The fourth-order valence-electron chi connectivity index (χ4n) is 2.02. The Hall–Kier alpha value is -0.430. The lowest BCUT2D eigenvalue weighted by Gasteiger charge is -2.34. The molecule has 21 heavy (non-hydrogen) atoms. The van der Waals surface area contributed by atoms with E-state index in [1.54, 1.807) is 7.05 Å². The van der Waals surface area contributed by atoms with Crippen LogP contribution in [0.25, 0.3) is 0 Å². The summed E-state index contributed by atoms with van der Waals surface area (Å²) in [5.74, 6) is 0. The highest BCUT2D eigenvalue weighted by Crippen LogP contribution is 2.32. The van der Waals surface area contributed by atoms with Crippen molar-refractivity contribution in [2.24, 2.45) is 0 Å². The quantitative estimate of drug-likeness (QED) is 0.743. The molecule has 0 aliphatic heterocycles. The van der Waals surface area contributed by atoms with Gasteiger partial charge in [0.05, 0.1) is 0 Å². The smallest absolute Gasteiger partial charge is 0.244 e. The maximum absolute atomic E-state index is 13.0. The largest absolute Gasteiger partial charge is 0.312 e. The molecule has 0 atom stereocenters. The van der Waals surface area contributed by atoms with E-state index in [1.165, 1.54) is 15.6 Å². The normalized spacial score (nSPS) is 13.1. The van der Waals surface area contributed by atoms with Crippen molar-refractivity contribution in [3.05, 3.63) is 15.8 Å². The summed E-state index contributed by atoms with van der Waals surface area (Å²) in [6.07, 6.45) is 1.81. The van der Waals surface area contributed by atoms with E-state index in [0.29, 0.717) is 11.4 Å². The molecular weight excluding hydrogens is 304 g/mol. The van der Waals surface area contributed by atoms with E-state index in [9.17, 15) is 8.42 Å². The minimum atomic E-state index is -3.46. The van der Waals surface area contributed by atoms with Crippen LogP contribution in [-0.4, -0.2) is 31.9 Å². The predicted octanol–water partition coefficient (Wildman–Crippen LogP) is 3.37. The SMILES string of the molecule is CCCNCc1scc(C)c1S(=O)(=O)N(C)C(C)(C)CC. The minimum absolute atomic E-state index is 0.388. The van der Waals surface area contributed by atoms with Gasteiger partial charge in [0.25, 0.3) is 0 Å². The van der Waals surface area contributed by atoms with E-state index < -0.39 is 10.0 Å². The fraction of sp³-hybridized carbons (Fsp3) is 0.733. The second-order valence-corrected chi connectivity index (χ2v) is 8.86. The fourth-order valence-corrected chi connectivity index (χ4v) is 5.32. The Kier molecular flexibility index (Phi) is 6.40. The average molecular weight is 333 g/mol. The second kappa shape index (κ2) is 7.22. The van der Waals surface area contributed by atoms with Crippen molar-refractivity contribution in [2.45, 2.75) is 64.4 Å². The van der Waals surface area contributed by atoms with Crippen LogP contribution >= 0.6 is 11.3 Å². The molecule has 0 spiro atoms. The molecule has 4 nitrogen and oxygen atoms in total. The van der Waals surface area contributed by atoms with Gasteiger partial charge in [0.2, 0.25) is 10.0 Å². The van der Waals surface area contributed by atoms with Crippen LogP contribution in [0.5, 0.6) is 0 Å². The molecule has 0 aliphatic carbocycles. The van der Waals surface area contributed by atoms with Gasteiger partial charge in [-0.3, -0.25) is 0 Å². The molecule has 0 unspecified atom stereocenters. The van der Waals surface area contributed by atoms with Gasteiger partial charge in [-0.05, 0) is 51.1 Å². The molecule has 0 aromatic carbocycles. The summed E-state index contributed by atoms with van der Waals surface area (Å²) in [6, 6.07) is 0. The molecule has 0 amide bonds. The molecule has 0 saturated heterocycles. The molecule has 1 N–H and O–H groups in total. The molecule has 0 fully saturated rings. The van der Waals surface area contributed by atoms with Gasteiger partial charge in [-0.1, -0.05) is 13.8 Å². The number of aryl methyl sites for hydroxylation is 1. The first-order chi connectivity index (χ1) is 9.68. The zero-order chi connectivity index (χ0) is 16.3. The number of hydrogen-bond acceptors (Lipinski definition) is 4. The Bertz CT molecular complexity index is 562. The molecule has 6 heteroatoms. The Morgan fingerprint density at radius 2 is 1.95 bits per heavy atom. The van der Waals surface area contributed by atoms with Crippen molar-refractivity contribution in [2.75, 3.05) is 13.6 Å². The Morgan fingerprint density at radius 1 is 1.33 bits per heavy atom. The highest BCUT2D eigenvalue weighted by Gasteiger charge is 2.35. The van der Waals surface area contributed by atoms with Gasteiger partial charge >= 0.3 is 0 Å². The van der Waals surface area contributed by atoms with Gasteiger partial charge in [0.1, 0.15) is 4.90 Å². The molecule has 0 bridgehead atoms. The van der Waals surface area contributed by atoms with E-state index in [-0.39, 0.29) is 5.54 Å². The van der Waals surface area contributed by atoms with Crippen LogP contribution in [0.2, 0.25) is 0 Å². The highest BCUT2D eigenvalue weighted by molar-refractivity contribution is 7.89. The van der Waals surface area contributed by atoms with Crippen molar-refractivity contribution in [3.63, 3.8) is 0 Å². The first-order valence-corrected chi connectivity index (χ1v) is 9.77. The van der Waals surface area contributed by atoms with Gasteiger partial charge in [-0.25, -0.2) is 8.42 Å². The topological polar surface area (TPSA) is 49.4 Å². The number of nitrogens with zero attached hydrogens (tertiary/aromatic N) is 1. The summed E-state index contributed by atoms with van der Waals surface area (Å²) in [7, 11) is -1.78. The number of sulfonamides is 1. The second-order valence-electron chi connectivity index (χ2n) is 5.99. The third kappa shape index (κ3) is 4.06. The molecular formula is C15H28N2O2S2. The zero-order valence-corrected chi connectivity index (χ0v) is 15.6. The van der Waals surface area contributed by atoms with E-state index in [4.69, 9.17) is 0 Å². The molecule has 1 aromatic heterocycles. The van der Waals surface area contributed by atoms with Gasteiger partial charge in [0, 0.05) is 24.0 Å². The minimum Gasteiger partial charge on any atom is -0.312 e. The summed E-state index contributed by atoms with van der Waals surface area (Å²) < 4.78 is 27.5. The van der Waals surface area contributed by atoms with Crippen LogP contribution in [0.1, 0.15) is 51.0 Å². The molecule has 122 valence electrons. The number of nitrogens with one attached hydrogen (secondary N) is 1. The molecule has 0 aliphatic rings. The molecule has 1 aromatic rings. The van der Waals surface area contributed by atoms with Gasteiger partial charge in [-0.15, -0.1) is 11.3 Å². The zero-order valence-electron chi connectivity index (χ0n) is 14.0. The standard InChI is InChI=1S/C15H28N2O2S2/c1-7-9-16-10-13-14(12(3)11-20-13)21(18,19)17(6)15(4,5)8-2/h11,16H,7-10H2,1-6H3. The summed E-state index contributed by atoms with van der Waals surface area (Å²) in [4.78, 5) is 1.39. The van der Waals surface area contributed by atoms with E-state index in [1.807, 2.05) is 33.1 Å². The monoisotopic (exact) mass is 332 g/mol. The lowest BCUT2D eigenvalue weighted by molar-refractivity contribution is 0.257. The Labute approximate surface area is 133 Å². The van der Waals surface area contributed by atoms with Crippen LogP contribution in [0.4, 0.5) is 0 Å². The maximum Gasteiger partial charge on any atom is 0.244 e. The van der Waals surface area contributed by atoms with Crippen molar-refractivity contribution in [1.29, 1.82) is 0 Å². The Morgan fingerprint density at radius 3 is 2.48 bits per heavy atom. The Balaban J connectivity index is 3.16. The summed E-state index contributed by atoms with van der Waals surface area (Å²) in [5.41, 5.74) is 0.452. The van der Waals surface area contributed by atoms with Gasteiger partial charge in [0.15, 0.2) is 0 Å². The van der Waals surface area contributed by atoms with Crippen LogP contribution in [0, 0.1) is 6.92 Å². The van der Waals surface area contributed by atoms with E-state index >= 15 is 0 Å². The summed E-state index contributed by atoms with van der Waals surface area (Å²) in [5, 5.41) is 5.23. The third-order valence-corrected chi connectivity index (χ3v) is 7.57. The first-order valence-electron chi connectivity index (χ1n) is 7.45. The summed E-state index contributed by atoms with van der Waals surface area (Å²) >= 11 is 1.52. The molecule has 1 heterocycles. The van der Waals surface area contributed by atoms with Gasteiger partial charge in [-0.2, -0.15) is 4.31 Å². The third-order valence-electron chi connectivity index (χ3n) is 4.04. The van der Waals surface area contributed by atoms with E-state index in [0.717, 1.165) is 29.8 Å². The van der Waals surface area contributed by atoms with Crippen LogP contribution in [0.3, 0.4) is 0 Å². The number of hydrogen-bond donors (Lipinski definition) is 1. The van der Waals surface area contributed by atoms with Crippen LogP contribution in [0.15, 0.2) is 10.3 Å². The predicted molar refractivity (Wildman–Crippen MR) is 90.4 cm³/mol. The summed E-state index contributed by atoms with van der Waals surface area (Å²) in [6.45, 7) is 11.4. The molecule has 0 radical (unpaired) electrons. The van der Waals surface area contributed by atoms with Crippen molar-refractivity contribution >= 4 is 21.4 Å². The lowest BCUT2D eigenvalue weighted by atomic mass is 10.0. The maximum atomic E-state index is 13.0. The van der Waals surface area contributed by atoms with Gasteiger partial charge < -0.3 is 5.32 Å². The van der Waals surface area contributed by atoms with Crippen LogP contribution < -0.4 is 5.32 Å².